The highest BCUT2D eigenvalue weighted by Crippen LogP contribution is 2.39. The summed E-state index contributed by atoms with van der Waals surface area (Å²) >= 11 is 6.33. The van der Waals surface area contributed by atoms with Gasteiger partial charge in [0.05, 0.1) is 39.2 Å². The Balaban J connectivity index is 1.19. The predicted molar refractivity (Wildman–Crippen MR) is 181 cm³/mol. The lowest BCUT2D eigenvalue weighted by Crippen LogP contribution is -2.51. The molecule has 0 radical (unpaired) electrons. The van der Waals surface area contributed by atoms with Crippen LogP contribution in [0.1, 0.15) is 22.3 Å². The molecule has 49 heavy (non-hydrogen) atoms. The molecule has 1 saturated heterocycles. The number of rotatable bonds is 9. The fourth-order valence-corrected chi connectivity index (χ4v) is 6.09. The van der Waals surface area contributed by atoms with Crippen LogP contribution in [-0.4, -0.2) is 80.7 Å². The van der Waals surface area contributed by atoms with E-state index in [2.05, 4.69) is 19.9 Å². The number of benzene rings is 3. The van der Waals surface area contributed by atoms with Crippen LogP contribution in [0.15, 0.2) is 65.8 Å². The van der Waals surface area contributed by atoms with Crippen LogP contribution in [0.2, 0.25) is 5.02 Å². The van der Waals surface area contributed by atoms with Gasteiger partial charge in [0, 0.05) is 60.6 Å². The summed E-state index contributed by atoms with van der Waals surface area (Å²) in [6.07, 6.45) is -2.49. The lowest BCUT2D eigenvalue weighted by molar-refractivity contribution is -0.137. The van der Waals surface area contributed by atoms with Gasteiger partial charge in [-0.1, -0.05) is 17.7 Å². The lowest BCUT2D eigenvalue weighted by atomic mass is 10.1. The Labute approximate surface area is 285 Å². The molecule has 6 rings (SSSR count). The average molecular weight is 696 g/mol. The van der Waals surface area contributed by atoms with Gasteiger partial charge in [-0.2, -0.15) is 18.2 Å². The maximum atomic E-state index is 13.8. The molecule has 4 aromatic rings. The molecule has 2 aliphatic heterocycles. The SMILES string of the molecule is COc1cc(Cc2cnc(/N=C3\C(=O)N(CN4CCN(c5cccc(C(F)(F)F)c5)CC4)c4ccc(Cl)cc43)nc2N)cc(OC)c1OC. The Morgan fingerprint density at radius 3 is 2.31 bits per heavy atom. The Kier molecular flexibility index (Phi) is 9.52. The number of ether oxygens (including phenoxy) is 3. The molecule has 0 saturated carbocycles. The normalized spacial score (nSPS) is 15.9. The first-order chi connectivity index (χ1) is 23.5. The number of hydrogen-bond donors (Lipinski definition) is 1. The number of carbonyl (C=O) groups is 1. The number of hydrogen-bond acceptors (Lipinski definition) is 10. The summed E-state index contributed by atoms with van der Waals surface area (Å²) in [6.45, 7) is 2.30. The molecule has 11 nitrogen and oxygen atoms in total. The van der Waals surface area contributed by atoms with E-state index in [0.29, 0.717) is 77.4 Å². The lowest BCUT2D eigenvalue weighted by Gasteiger charge is -2.37. The number of aromatic nitrogens is 2. The van der Waals surface area contributed by atoms with Gasteiger partial charge in [0.15, 0.2) is 11.5 Å². The summed E-state index contributed by atoms with van der Waals surface area (Å²) in [7, 11) is 4.60. The summed E-state index contributed by atoms with van der Waals surface area (Å²) < 4.78 is 56.1. The van der Waals surface area contributed by atoms with Gasteiger partial charge in [0.1, 0.15) is 11.5 Å². The zero-order valence-electron chi connectivity index (χ0n) is 26.9. The second kappa shape index (κ2) is 13.8. The van der Waals surface area contributed by atoms with E-state index in [1.807, 2.05) is 17.0 Å². The highest BCUT2D eigenvalue weighted by atomic mass is 35.5. The maximum absolute atomic E-state index is 13.8. The minimum atomic E-state index is -4.41. The molecule has 1 fully saturated rings. The van der Waals surface area contributed by atoms with E-state index >= 15 is 0 Å². The summed E-state index contributed by atoms with van der Waals surface area (Å²) in [5, 5.41) is 0.428. The first-order valence-corrected chi connectivity index (χ1v) is 15.6. The number of nitrogen functional groups attached to an aromatic ring is 1. The van der Waals surface area contributed by atoms with Crippen LogP contribution < -0.4 is 29.7 Å². The quantitative estimate of drug-likeness (QED) is 0.239. The Bertz CT molecular complexity index is 1890. The number of nitrogens with zero attached hydrogens (tertiary/aromatic N) is 6. The highest BCUT2D eigenvalue weighted by Gasteiger charge is 2.36. The number of nitrogens with two attached hydrogens (primary N) is 1. The molecule has 1 aromatic heterocycles. The second-order valence-corrected chi connectivity index (χ2v) is 11.9. The van der Waals surface area contributed by atoms with Gasteiger partial charge in [-0.3, -0.25) is 14.6 Å². The van der Waals surface area contributed by atoms with E-state index in [1.54, 1.807) is 35.4 Å². The number of halogens is 4. The van der Waals surface area contributed by atoms with Crippen LogP contribution in [0.3, 0.4) is 0 Å². The van der Waals surface area contributed by atoms with E-state index in [4.69, 9.17) is 31.5 Å². The topological polar surface area (TPSA) is 119 Å². The zero-order valence-corrected chi connectivity index (χ0v) is 27.7. The molecule has 3 aromatic carbocycles. The predicted octanol–water partition coefficient (Wildman–Crippen LogP) is 5.59. The van der Waals surface area contributed by atoms with Gasteiger partial charge in [0.2, 0.25) is 5.75 Å². The van der Waals surface area contributed by atoms with Gasteiger partial charge in [0.25, 0.3) is 11.9 Å². The van der Waals surface area contributed by atoms with Crippen LogP contribution in [0, 0.1) is 0 Å². The Morgan fingerprint density at radius 2 is 1.67 bits per heavy atom. The second-order valence-electron chi connectivity index (χ2n) is 11.4. The van der Waals surface area contributed by atoms with Crippen LogP contribution in [0.4, 0.5) is 36.3 Å². The molecule has 0 spiro atoms. The van der Waals surface area contributed by atoms with Crippen LogP contribution in [0.25, 0.3) is 0 Å². The van der Waals surface area contributed by atoms with E-state index in [9.17, 15) is 18.0 Å². The first-order valence-electron chi connectivity index (χ1n) is 15.2. The molecular weight excluding hydrogens is 663 g/mol. The molecule has 2 N–H and O–H groups in total. The highest BCUT2D eigenvalue weighted by molar-refractivity contribution is 6.55. The number of anilines is 3. The van der Waals surface area contributed by atoms with E-state index in [1.165, 1.54) is 27.4 Å². The number of fused-ring (bicyclic) bond motifs is 1. The third-order valence-electron chi connectivity index (χ3n) is 8.42. The summed E-state index contributed by atoms with van der Waals surface area (Å²) in [6, 6.07) is 14.1. The zero-order chi connectivity index (χ0) is 34.9. The molecule has 1 amide bonds. The minimum absolute atomic E-state index is 0.0111. The van der Waals surface area contributed by atoms with Crippen molar-refractivity contribution in [1.29, 1.82) is 0 Å². The molecule has 256 valence electrons. The Hall–Kier alpha value is -5.08. The smallest absolute Gasteiger partial charge is 0.416 e. The fraction of sp³-hybridized carbons (Fsp3) is 0.294. The molecule has 0 unspecified atom stereocenters. The standard InChI is InChI=1S/C34H33ClF3N7O4/c1-47-27-14-20(15-28(48-2)30(27)49-3)13-21-18-40-33(42-31(21)39)41-29-25-17-23(35)7-8-26(25)45(32(29)46)19-43-9-11-44(12-10-43)24-6-4-5-22(16-24)34(36,37)38/h4-8,14-18H,9-13,19H2,1-3H3,(H2,39,40,42)/b41-29-. The van der Waals surface area contributed by atoms with Gasteiger partial charge in [-0.05, 0) is 54.1 Å². The molecular formula is C34H33ClF3N7O4. The minimum Gasteiger partial charge on any atom is -0.493 e. The van der Waals surface area contributed by atoms with Gasteiger partial charge in [-0.15, -0.1) is 0 Å². The summed E-state index contributed by atoms with van der Waals surface area (Å²) in [4.78, 5) is 32.7. The van der Waals surface area contributed by atoms with Crippen molar-refractivity contribution in [3.63, 3.8) is 0 Å². The molecule has 3 heterocycles. The number of aliphatic imine (C=N–C) groups is 1. The third-order valence-corrected chi connectivity index (χ3v) is 8.66. The average Bonchev–Trinajstić information content (AvgIpc) is 3.34. The molecule has 0 bridgehead atoms. The third kappa shape index (κ3) is 7.06. The van der Waals surface area contributed by atoms with E-state index < -0.39 is 11.7 Å². The maximum Gasteiger partial charge on any atom is 0.416 e. The van der Waals surface area contributed by atoms with Gasteiger partial charge < -0.3 is 24.8 Å². The van der Waals surface area contributed by atoms with Crippen molar-refractivity contribution < 1.29 is 32.2 Å². The van der Waals surface area contributed by atoms with E-state index in [-0.39, 0.29) is 30.1 Å². The Morgan fingerprint density at radius 1 is 0.959 bits per heavy atom. The van der Waals surface area contributed by atoms with Crippen LogP contribution in [0.5, 0.6) is 17.2 Å². The number of carbonyl (C=O) groups excluding carboxylic acids is 1. The molecule has 2 aliphatic rings. The molecule has 15 heteroatoms. The fourth-order valence-electron chi connectivity index (χ4n) is 5.92. The van der Waals surface area contributed by atoms with Crippen molar-refractivity contribution in [1.82, 2.24) is 14.9 Å². The van der Waals surface area contributed by atoms with Crippen molar-refractivity contribution in [2.45, 2.75) is 12.6 Å². The largest absolute Gasteiger partial charge is 0.493 e. The van der Waals surface area contributed by atoms with Crippen molar-refractivity contribution in [2.24, 2.45) is 4.99 Å². The molecule has 0 atom stereocenters. The van der Waals surface area contributed by atoms with Gasteiger partial charge >= 0.3 is 6.18 Å². The van der Waals surface area contributed by atoms with Crippen LogP contribution >= 0.6 is 11.6 Å². The van der Waals surface area contributed by atoms with Crippen molar-refractivity contribution in [3.05, 3.63) is 88.1 Å². The summed E-state index contributed by atoms with van der Waals surface area (Å²) in [5.41, 5.74) is 8.89. The van der Waals surface area contributed by atoms with E-state index in [0.717, 1.165) is 17.7 Å². The number of piperazine rings is 1. The molecule has 0 aliphatic carbocycles. The van der Waals surface area contributed by atoms with Crippen molar-refractivity contribution in [3.8, 4) is 17.2 Å². The van der Waals surface area contributed by atoms with Gasteiger partial charge in [-0.25, -0.2) is 9.98 Å². The number of alkyl halides is 3. The number of methoxy groups -OCH3 is 3. The monoisotopic (exact) mass is 695 g/mol. The summed E-state index contributed by atoms with van der Waals surface area (Å²) in [5.74, 6) is 1.31. The number of amides is 1. The first kappa shape index (κ1) is 33.8. The van der Waals surface area contributed by atoms with Crippen molar-refractivity contribution in [2.75, 3.05) is 69.7 Å². The van der Waals surface area contributed by atoms with Crippen LogP contribution in [-0.2, 0) is 17.4 Å². The van der Waals surface area contributed by atoms with Crippen molar-refractivity contribution >= 4 is 46.4 Å².